The molecule has 0 aliphatic heterocycles. The van der Waals surface area contributed by atoms with E-state index >= 15 is 0 Å². The molecule has 0 spiro atoms. The molecule has 0 aliphatic rings. The number of hydrogen-bond acceptors (Lipinski definition) is 4. The van der Waals surface area contributed by atoms with Crippen LogP contribution in [0.1, 0.15) is 27.2 Å². The number of hydrogen-bond donors (Lipinski definition) is 2. The number of amides is 2. The molecule has 0 radical (unpaired) electrons. The molecule has 132 valence electrons. The van der Waals surface area contributed by atoms with Gasteiger partial charge in [0.15, 0.2) is 6.61 Å². The maximum Gasteiger partial charge on any atom is 0.277 e. The molecule has 2 N–H and O–H groups in total. The van der Waals surface area contributed by atoms with Crippen molar-refractivity contribution in [1.29, 1.82) is 0 Å². The molecule has 2 rings (SSSR count). The van der Waals surface area contributed by atoms with Crippen LogP contribution in [0, 0.1) is 0 Å². The number of nitrogens with zero attached hydrogens (tertiary/aromatic N) is 1. The topological polar surface area (TPSA) is 79.8 Å². The van der Waals surface area contributed by atoms with Crippen LogP contribution in [0.4, 0.5) is 0 Å². The molecule has 0 saturated carbocycles. The van der Waals surface area contributed by atoms with Crippen LogP contribution in [0.2, 0.25) is 0 Å². The Labute approximate surface area is 147 Å². The van der Waals surface area contributed by atoms with Gasteiger partial charge in [0.2, 0.25) is 5.91 Å². The molecule has 0 saturated heterocycles. The summed E-state index contributed by atoms with van der Waals surface area (Å²) >= 11 is 0. The number of fused-ring (bicyclic) bond motifs is 1. The smallest absolute Gasteiger partial charge is 0.277 e. The molecule has 0 heterocycles. The molecule has 2 aromatic carbocycles. The molecule has 25 heavy (non-hydrogen) atoms. The lowest BCUT2D eigenvalue weighted by Crippen LogP contribution is -2.32. The van der Waals surface area contributed by atoms with Crippen molar-refractivity contribution in [3.05, 3.63) is 42.5 Å². The Hall–Kier alpha value is -2.89. The lowest BCUT2D eigenvalue weighted by molar-refractivity contribution is -0.123. The average Bonchev–Trinajstić information content (AvgIpc) is 2.57. The van der Waals surface area contributed by atoms with Gasteiger partial charge >= 0.3 is 0 Å². The third kappa shape index (κ3) is 6.25. The zero-order chi connectivity index (χ0) is 18.2. The van der Waals surface area contributed by atoms with Crippen LogP contribution in [0.3, 0.4) is 0 Å². The Bertz CT molecular complexity index is 784. The molecule has 2 aromatic rings. The zero-order valence-electron chi connectivity index (χ0n) is 14.7. The van der Waals surface area contributed by atoms with E-state index in [-0.39, 0.29) is 30.9 Å². The fraction of sp³-hybridized carbons (Fsp3) is 0.316. The summed E-state index contributed by atoms with van der Waals surface area (Å²) in [6.07, 6.45) is 0.143. The van der Waals surface area contributed by atoms with E-state index in [4.69, 9.17) is 4.74 Å². The molecule has 0 aliphatic carbocycles. The van der Waals surface area contributed by atoms with Crippen molar-refractivity contribution in [2.45, 2.75) is 33.2 Å². The van der Waals surface area contributed by atoms with E-state index in [9.17, 15) is 9.59 Å². The molecule has 2 amide bonds. The van der Waals surface area contributed by atoms with E-state index < -0.39 is 0 Å². The van der Waals surface area contributed by atoms with Gasteiger partial charge in [-0.3, -0.25) is 9.59 Å². The number of benzene rings is 2. The number of rotatable bonds is 7. The standard InChI is InChI=1S/C19H23N3O3/c1-13(2)20-18(23)10-14(3)21-22-19(24)12-25-17-9-8-15-6-4-5-7-16(15)11-17/h4-9,11,13H,10,12H2,1-3H3,(H,20,23)(H,22,24). The van der Waals surface area contributed by atoms with Crippen molar-refractivity contribution in [2.24, 2.45) is 5.10 Å². The van der Waals surface area contributed by atoms with Crippen LogP contribution in [0.25, 0.3) is 10.8 Å². The van der Waals surface area contributed by atoms with Crippen LogP contribution >= 0.6 is 0 Å². The minimum absolute atomic E-state index is 0.0743. The Morgan fingerprint density at radius 1 is 1.08 bits per heavy atom. The SMILES string of the molecule is CC(CC(=O)NC(C)C)=NNC(=O)COc1ccc2ccccc2c1. The number of carbonyl (C=O) groups is 2. The van der Waals surface area contributed by atoms with Crippen molar-refractivity contribution < 1.29 is 14.3 Å². The second kappa shape index (κ2) is 8.82. The maximum absolute atomic E-state index is 11.8. The van der Waals surface area contributed by atoms with Gasteiger partial charge in [-0.15, -0.1) is 0 Å². The van der Waals surface area contributed by atoms with Crippen LogP contribution in [0.5, 0.6) is 5.75 Å². The first kappa shape index (κ1) is 18.4. The van der Waals surface area contributed by atoms with Gasteiger partial charge in [0.05, 0.1) is 6.42 Å². The number of carbonyl (C=O) groups excluding carboxylic acids is 2. The highest BCUT2D eigenvalue weighted by Gasteiger charge is 2.07. The minimum atomic E-state index is -0.378. The third-order valence-electron chi connectivity index (χ3n) is 3.33. The van der Waals surface area contributed by atoms with E-state index in [0.717, 1.165) is 10.8 Å². The summed E-state index contributed by atoms with van der Waals surface area (Å²) in [5.74, 6) is 0.112. The zero-order valence-corrected chi connectivity index (χ0v) is 14.7. The third-order valence-corrected chi connectivity index (χ3v) is 3.33. The molecule has 0 bridgehead atoms. The van der Waals surface area contributed by atoms with Gasteiger partial charge in [-0.05, 0) is 43.7 Å². The maximum atomic E-state index is 11.8. The molecule has 0 unspecified atom stereocenters. The average molecular weight is 341 g/mol. The summed E-state index contributed by atoms with van der Waals surface area (Å²) in [7, 11) is 0. The predicted octanol–water partition coefficient (Wildman–Crippen LogP) is 2.63. The lowest BCUT2D eigenvalue weighted by Gasteiger charge is -2.08. The van der Waals surface area contributed by atoms with E-state index in [0.29, 0.717) is 11.5 Å². The van der Waals surface area contributed by atoms with Crippen LogP contribution in [-0.4, -0.2) is 30.2 Å². The highest BCUT2D eigenvalue weighted by atomic mass is 16.5. The second-order valence-electron chi connectivity index (χ2n) is 6.08. The number of nitrogens with one attached hydrogen (secondary N) is 2. The first-order valence-corrected chi connectivity index (χ1v) is 8.17. The van der Waals surface area contributed by atoms with E-state index in [1.165, 1.54) is 0 Å². The van der Waals surface area contributed by atoms with Crippen molar-refractivity contribution >= 4 is 28.3 Å². The van der Waals surface area contributed by atoms with Gasteiger partial charge in [-0.25, -0.2) is 5.43 Å². The molecular formula is C19H23N3O3. The highest BCUT2D eigenvalue weighted by Crippen LogP contribution is 2.20. The van der Waals surface area contributed by atoms with E-state index in [1.807, 2.05) is 56.3 Å². The number of ether oxygens (including phenoxy) is 1. The Morgan fingerprint density at radius 2 is 1.80 bits per heavy atom. The fourth-order valence-corrected chi connectivity index (χ4v) is 2.24. The second-order valence-corrected chi connectivity index (χ2v) is 6.08. The van der Waals surface area contributed by atoms with Crippen LogP contribution in [-0.2, 0) is 9.59 Å². The normalized spacial score (nSPS) is 11.4. The Kier molecular flexibility index (Phi) is 6.51. The largest absolute Gasteiger partial charge is 0.484 e. The van der Waals surface area contributed by atoms with Gasteiger partial charge in [0, 0.05) is 11.8 Å². The summed E-state index contributed by atoms with van der Waals surface area (Å²) < 4.78 is 5.48. The van der Waals surface area contributed by atoms with Gasteiger partial charge in [0.25, 0.3) is 5.91 Å². The van der Waals surface area contributed by atoms with Crippen molar-refractivity contribution in [3.8, 4) is 5.75 Å². The highest BCUT2D eigenvalue weighted by molar-refractivity contribution is 6.00. The Balaban J connectivity index is 1.81. The Morgan fingerprint density at radius 3 is 2.52 bits per heavy atom. The summed E-state index contributed by atoms with van der Waals surface area (Å²) in [4.78, 5) is 23.4. The summed E-state index contributed by atoms with van der Waals surface area (Å²) in [5, 5.41) is 8.83. The van der Waals surface area contributed by atoms with Gasteiger partial charge in [0.1, 0.15) is 5.75 Å². The van der Waals surface area contributed by atoms with Crippen molar-refractivity contribution in [1.82, 2.24) is 10.7 Å². The summed E-state index contributed by atoms with van der Waals surface area (Å²) in [6, 6.07) is 13.6. The number of hydrazone groups is 1. The van der Waals surface area contributed by atoms with Gasteiger partial charge in [-0.2, -0.15) is 5.10 Å². The summed E-state index contributed by atoms with van der Waals surface area (Å²) in [6.45, 7) is 5.31. The molecule has 0 atom stereocenters. The quantitative estimate of drug-likeness (QED) is 0.600. The van der Waals surface area contributed by atoms with E-state index in [2.05, 4.69) is 15.8 Å². The molecule has 6 heteroatoms. The fourth-order valence-electron chi connectivity index (χ4n) is 2.24. The monoisotopic (exact) mass is 341 g/mol. The summed E-state index contributed by atoms with van der Waals surface area (Å²) in [5.41, 5.74) is 2.92. The minimum Gasteiger partial charge on any atom is -0.484 e. The predicted molar refractivity (Wildman–Crippen MR) is 98.6 cm³/mol. The molecule has 0 aromatic heterocycles. The van der Waals surface area contributed by atoms with Crippen molar-refractivity contribution in [2.75, 3.05) is 6.61 Å². The first-order chi connectivity index (χ1) is 11.9. The molecule has 6 nitrogen and oxygen atoms in total. The molecule has 0 fully saturated rings. The van der Waals surface area contributed by atoms with Crippen LogP contribution in [0.15, 0.2) is 47.6 Å². The van der Waals surface area contributed by atoms with Crippen LogP contribution < -0.4 is 15.5 Å². The van der Waals surface area contributed by atoms with E-state index in [1.54, 1.807) is 6.92 Å². The first-order valence-electron chi connectivity index (χ1n) is 8.17. The van der Waals surface area contributed by atoms with Crippen molar-refractivity contribution in [3.63, 3.8) is 0 Å². The molecular weight excluding hydrogens is 318 g/mol. The van der Waals surface area contributed by atoms with Gasteiger partial charge < -0.3 is 10.1 Å². The lowest BCUT2D eigenvalue weighted by atomic mass is 10.1. The van der Waals surface area contributed by atoms with Gasteiger partial charge in [-0.1, -0.05) is 30.3 Å².